The monoisotopic (exact) mass is 208 g/mol. The third-order valence-corrected chi connectivity index (χ3v) is 2.64. The second-order valence-electron chi connectivity index (χ2n) is 2.65. The fraction of sp³-hybridized carbons (Fsp3) is 1.00. The number of rotatable bonds is 2. The first-order chi connectivity index (χ1) is 4.72. The van der Waals surface area contributed by atoms with Gasteiger partial charge in [0, 0.05) is 10.7 Å². The summed E-state index contributed by atoms with van der Waals surface area (Å²) < 4.78 is 10.6. The van der Waals surface area contributed by atoms with Gasteiger partial charge in [-0.1, -0.05) is 29.8 Å². The van der Waals surface area contributed by atoms with E-state index in [9.17, 15) is 0 Å². The van der Waals surface area contributed by atoms with E-state index in [1.807, 2.05) is 0 Å². The van der Waals surface area contributed by atoms with E-state index < -0.39 is 0 Å². The van der Waals surface area contributed by atoms with E-state index >= 15 is 0 Å². The largest absolute Gasteiger partial charge is 0.350 e. The molecule has 0 radical (unpaired) electrons. The molecule has 1 saturated heterocycles. The number of hydrogen-bond donors (Lipinski definition) is 0. The van der Waals surface area contributed by atoms with Gasteiger partial charge in [-0.3, -0.25) is 0 Å². The molecule has 60 valence electrons. The van der Waals surface area contributed by atoms with Crippen LogP contribution in [0.2, 0.25) is 0 Å². The van der Waals surface area contributed by atoms with Crippen LogP contribution in [0, 0.1) is 5.92 Å². The molecular weight excluding hydrogens is 196 g/mol. The number of ether oxygens (including phenoxy) is 2. The maximum absolute atomic E-state index is 5.32. The van der Waals surface area contributed by atoms with Gasteiger partial charge in [0.2, 0.25) is 0 Å². The molecule has 3 heteroatoms. The predicted molar refractivity (Wildman–Crippen MR) is 43.2 cm³/mol. The minimum Gasteiger partial charge on any atom is -0.350 e. The second-order valence-corrected chi connectivity index (χ2v) is 4.09. The number of halogens is 1. The van der Waals surface area contributed by atoms with Gasteiger partial charge < -0.3 is 9.47 Å². The first-order valence-electron chi connectivity index (χ1n) is 3.59. The van der Waals surface area contributed by atoms with E-state index in [0.29, 0.717) is 10.7 Å². The van der Waals surface area contributed by atoms with E-state index in [1.54, 1.807) is 0 Å². The van der Waals surface area contributed by atoms with Crippen LogP contribution < -0.4 is 0 Å². The zero-order chi connectivity index (χ0) is 7.56. The van der Waals surface area contributed by atoms with Crippen molar-refractivity contribution in [2.24, 2.45) is 5.92 Å². The summed E-state index contributed by atoms with van der Waals surface area (Å²) in [6, 6.07) is 0. The van der Waals surface area contributed by atoms with Crippen LogP contribution in [-0.2, 0) is 9.47 Å². The van der Waals surface area contributed by atoms with Crippen LogP contribution >= 0.6 is 15.9 Å². The van der Waals surface area contributed by atoms with Gasteiger partial charge in [-0.2, -0.15) is 0 Å². The molecule has 1 aliphatic heterocycles. The number of hydrogen-bond acceptors (Lipinski definition) is 2. The summed E-state index contributed by atoms with van der Waals surface area (Å²) in [7, 11) is 0. The molecule has 0 spiro atoms. The Labute approximate surface area is 70.0 Å². The molecule has 0 aromatic heterocycles. The van der Waals surface area contributed by atoms with Gasteiger partial charge in [-0.05, 0) is 0 Å². The van der Waals surface area contributed by atoms with Gasteiger partial charge in [0.1, 0.15) is 0 Å². The average Bonchev–Trinajstić information content (AvgIpc) is 2.36. The molecule has 0 saturated carbocycles. The standard InChI is InChI=1S/C7H13BrO2/c1-5(6(2)8)7-9-3-4-10-7/h5-7H,3-4H2,1-2H3/t5-,6-/m1/s1. The van der Waals surface area contributed by atoms with Crippen molar-refractivity contribution >= 4 is 15.9 Å². The summed E-state index contributed by atoms with van der Waals surface area (Å²) >= 11 is 3.49. The lowest BCUT2D eigenvalue weighted by Gasteiger charge is -2.19. The molecule has 0 aromatic rings. The Bertz CT molecular complexity index is 99.8. The summed E-state index contributed by atoms with van der Waals surface area (Å²) in [5.74, 6) is 0.433. The molecule has 0 aliphatic carbocycles. The molecule has 0 amide bonds. The molecule has 1 fully saturated rings. The summed E-state index contributed by atoms with van der Waals surface area (Å²) in [5, 5.41) is 0. The minimum atomic E-state index is 0.00868. The normalized spacial score (nSPS) is 26.7. The van der Waals surface area contributed by atoms with Gasteiger partial charge in [0.25, 0.3) is 0 Å². The van der Waals surface area contributed by atoms with Crippen LogP contribution in [0.5, 0.6) is 0 Å². The third-order valence-electron chi connectivity index (χ3n) is 1.80. The Morgan fingerprint density at radius 3 is 2.20 bits per heavy atom. The quantitative estimate of drug-likeness (QED) is 0.645. The van der Waals surface area contributed by atoms with E-state index in [0.717, 1.165) is 13.2 Å². The van der Waals surface area contributed by atoms with Crippen LogP contribution in [0.15, 0.2) is 0 Å². The SMILES string of the molecule is C[C@@H](Br)[C@@H](C)C1OCCO1. The zero-order valence-electron chi connectivity index (χ0n) is 6.34. The molecule has 1 aliphatic rings. The van der Waals surface area contributed by atoms with Gasteiger partial charge in [0.05, 0.1) is 13.2 Å². The first kappa shape index (κ1) is 8.50. The smallest absolute Gasteiger partial charge is 0.161 e. The Hall–Kier alpha value is 0.400. The molecule has 1 heterocycles. The summed E-state index contributed by atoms with van der Waals surface area (Å²) in [4.78, 5) is 0.454. The summed E-state index contributed by atoms with van der Waals surface area (Å²) in [6.07, 6.45) is 0.00868. The lowest BCUT2D eigenvalue weighted by Crippen LogP contribution is -2.24. The molecular formula is C7H13BrO2. The molecule has 2 atom stereocenters. The number of alkyl halides is 1. The third kappa shape index (κ3) is 1.94. The zero-order valence-corrected chi connectivity index (χ0v) is 7.93. The van der Waals surface area contributed by atoms with Crippen molar-refractivity contribution in [3.63, 3.8) is 0 Å². The van der Waals surface area contributed by atoms with Crippen LogP contribution in [0.1, 0.15) is 13.8 Å². The first-order valence-corrected chi connectivity index (χ1v) is 4.50. The van der Waals surface area contributed by atoms with Crippen LogP contribution in [0.3, 0.4) is 0 Å². The highest BCUT2D eigenvalue weighted by Gasteiger charge is 2.25. The lowest BCUT2D eigenvalue weighted by molar-refractivity contribution is -0.0770. The van der Waals surface area contributed by atoms with Crippen molar-refractivity contribution in [2.45, 2.75) is 25.0 Å². The van der Waals surface area contributed by atoms with Crippen molar-refractivity contribution in [1.29, 1.82) is 0 Å². The van der Waals surface area contributed by atoms with Crippen molar-refractivity contribution in [1.82, 2.24) is 0 Å². The van der Waals surface area contributed by atoms with E-state index in [-0.39, 0.29) is 6.29 Å². The Balaban J connectivity index is 2.32. The highest BCUT2D eigenvalue weighted by molar-refractivity contribution is 9.09. The van der Waals surface area contributed by atoms with Crippen LogP contribution in [-0.4, -0.2) is 24.3 Å². The van der Waals surface area contributed by atoms with Gasteiger partial charge in [-0.25, -0.2) is 0 Å². The average molecular weight is 209 g/mol. The fourth-order valence-electron chi connectivity index (χ4n) is 0.897. The molecule has 0 unspecified atom stereocenters. The molecule has 10 heavy (non-hydrogen) atoms. The highest BCUT2D eigenvalue weighted by Crippen LogP contribution is 2.21. The van der Waals surface area contributed by atoms with Crippen LogP contribution in [0.25, 0.3) is 0 Å². The molecule has 0 N–H and O–H groups in total. The molecule has 0 aromatic carbocycles. The molecule has 0 bridgehead atoms. The Kier molecular flexibility index (Phi) is 3.14. The highest BCUT2D eigenvalue weighted by atomic mass is 79.9. The van der Waals surface area contributed by atoms with Crippen molar-refractivity contribution < 1.29 is 9.47 Å². The van der Waals surface area contributed by atoms with Crippen molar-refractivity contribution in [3.05, 3.63) is 0 Å². The van der Waals surface area contributed by atoms with Crippen molar-refractivity contribution in [3.8, 4) is 0 Å². The fourth-order valence-corrected chi connectivity index (χ4v) is 1.15. The maximum atomic E-state index is 5.32. The van der Waals surface area contributed by atoms with Gasteiger partial charge in [0.15, 0.2) is 6.29 Å². The van der Waals surface area contributed by atoms with Gasteiger partial charge in [-0.15, -0.1) is 0 Å². The summed E-state index contributed by atoms with van der Waals surface area (Å²) in [6.45, 7) is 5.72. The lowest BCUT2D eigenvalue weighted by atomic mass is 10.1. The second kappa shape index (κ2) is 3.69. The van der Waals surface area contributed by atoms with E-state index in [2.05, 4.69) is 29.8 Å². The summed E-state index contributed by atoms with van der Waals surface area (Å²) in [5.41, 5.74) is 0. The Morgan fingerprint density at radius 1 is 1.30 bits per heavy atom. The van der Waals surface area contributed by atoms with Gasteiger partial charge >= 0.3 is 0 Å². The molecule has 1 rings (SSSR count). The molecule has 2 nitrogen and oxygen atoms in total. The minimum absolute atomic E-state index is 0.00868. The van der Waals surface area contributed by atoms with Crippen LogP contribution in [0.4, 0.5) is 0 Å². The van der Waals surface area contributed by atoms with Crippen molar-refractivity contribution in [2.75, 3.05) is 13.2 Å². The predicted octanol–water partition coefficient (Wildman–Crippen LogP) is 1.78. The van der Waals surface area contributed by atoms with E-state index in [1.165, 1.54) is 0 Å². The maximum Gasteiger partial charge on any atom is 0.161 e. The Morgan fingerprint density at radius 2 is 1.80 bits per heavy atom. The van der Waals surface area contributed by atoms with E-state index in [4.69, 9.17) is 9.47 Å². The topological polar surface area (TPSA) is 18.5 Å².